The topological polar surface area (TPSA) is 95.3 Å². The van der Waals surface area contributed by atoms with Crippen LogP contribution in [0, 0.1) is 11.8 Å². The summed E-state index contributed by atoms with van der Waals surface area (Å²) >= 11 is 1.32. The van der Waals surface area contributed by atoms with Crippen molar-refractivity contribution in [3.8, 4) is 21.7 Å². The summed E-state index contributed by atoms with van der Waals surface area (Å²) in [7, 11) is 4.57. The van der Waals surface area contributed by atoms with Gasteiger partial charge in [-0.25, -0.2) is 14.3 Å². The summed E-state index contributed by atoms with van der Waals surface area (Å²) in [6.07, 6.45) is 7.28. The van der Waals surface area contributed by atoms with Gasteiger partial charge in [0.1, 0.15) is 4.88 Å². The average Bonchev–Trinajstić information content (AvgIpc) is 3.63. The molecule has 10 heteroatoms. The monoisotopic (exact) mass is 576 g/mol. The standard InChI is InChI=1S/C31H36N4O5S/c1-20-6-8-23(9-7-20)30(36)35(24(18-38-2)19-39-3)26-17-27(41-29(26)31(37)40-4)22-12-10-21(11-13-22)25-16-28-32-14-5-15-34(28)33-25/h5,10-17,20,23-24H,6-9,18-19H2,1-4H3/t20-,23-. The summed E-state index contributed by atoms with van der Waals surface area (Å²) < 4.78 is 17.9. The molecule has 0 atom stereocenters. The molecular weight excluding hydrogens is 540 g/mol. The van der Waals surface area contributed by atoms with Crippen molar-refractivity contribution in [2.24, 2.45) is 11.8 Å². The van der Waals surface area contributed by atoms with E-state index in [0.29, 0.717) is 16.5 Å². The number of esters is 1. The van der Waals surface area contributed by atoms with Gasteiger partial charge in [0.2, 0.25) is 5.91 Å². The highest BCUT2D eigenvalue weighted by Crippen LogP contribution is 2.41. The Labute approximate surface area is 244 Å². The summed E-state index contributed by atoms with van der Waals surface area (Å²) in [5.41, 5.74) is 4.00. The van der Waals surface area contributed by atoms with Gasteiger partial charge in [-0.05, 0) is 49.3 Å². The Hall–Kier alpha value is -3.60. The Morgan fingerprint density at radius 2 is 1.71 bits per heavy atom. The first-order valence-electron chi connectivity index (χ1n) is 13.9. The van der Waals surface area contributed by atoms with Gasteiger partial charge in [0.05, 0.1) is 37.7 Å². The maximum atomic E-state index is 14.1. The molecule has 0 saturated heterocycles. The second-order valence-corrected chi connectivity index (χ2v) is 11.6. The quantitative estimate of drug-likeness (QED) is 0.223. The first-order valence-corrected chi connectivity index (χ1v) is 14.7. The van der Waals surface area contributed by atoms with Gasteiger partial charge in [0.15, 0.2) is 5.65 Å². The zero-order valence-corrected chi connectivity index (χ0v) is 24.7. The van der Waals surface area contributed by atoms with Gasteiger partial charge in [0, 0.05) is 49.0 Å². The van der Waals surface area contributed by atoms with E-state index in [2.05, 4.69) is 17.0 Å². The molecule has 0 radical (unpaired) electrons. The van der Waals surface area contributed by atoms with E-state index in [9.17, 15) is 9.59 Å². The SMILES string of the molecule is COCC(COC)N(c1cc(-c2ccc(-c3cc4ncccn4n3)cc2)sc1C(=O)OC)C(=O)[C@H]1CC[C@H](C)CC1. The van der Waals surface area contributed by atoms with Crippen LogP contribution in [0.5, 0.6) is 0 Å². The van der Waals surface area contributed by atoms with E-state index in [4.69, 9.17) is 14.2 Å². The van der Waals surface area contributed by atoms with Crippen molar-refractivity contribution in [2.75, 3.05) is 39.4 Å². The molecule has 5 rings (SSSR count). The molecule has 9 nitrogen and oxygen atoms in total. The van der Waals surface area contributed by atoms with E-state index < -0.39 is 12.0 Å². The number of benzene rings is 1. The number of hydrogen-bond acceptors (Lipinski definition) is 8. The molecule has 216 valence electrons. The van der Waals surface area contributed by atoms with E-state index in [1.165, 1.54) is 18.4 Å². The molecule has 1 aliphatic rings. The van der Waals surface area contributed by atoms with Crippen LogP contribution in [0.2, 0.25) is 0 Å². The smallest absolute Gasteiger partial charge is 0.350 e. The maximum Gasteiger partial charge on any atom is 0.350 e. The largest absolute Gasteiger partial charge is 0.465 e. The van der Waals surface area contributed by atoms with Crippen molar-refractivity contribution >= 4 is 34.5 Å². The van der Waals surface area contributed by atoms with Crippen molar-refractivity contribution in [2.45, 2.75) is 38.6 Å². The molecule has 41 heavy (non-hydrogen) atoms. The Balaban J connectivity index is 1.52. The number of rotatable bonds is 10. The van der Waals surface area contributed by atoms with Gasteiger partial charge in [-0.15, -0.1) is 11.3 Å². The van der Waals surface area contributed by atoms with Gasteiger partial charge in [-0.3, -0.25) is 4.79 Å². The molecule has 4 aromatic rings. The highest BCUT2D eigenvalue weighted by atomic mass is 32.1. The van der Waals surface area contributed by atoms with Crippen LogP contribution in [0.4, 0.5) is 5.69 Å². The minimum atomic E-state index is -0.478. The average molecular weight is 577 g/mol. The maximum absolute atomic E-state index is 14.1. The molecule has 3 heterocycles. The lowest BCUT2D eigenvalue weighted by atomic mass is 9.82. The van der Waals surface area contributed by atoms with Gasteiger partial charge in [-0.1, -0.05) is 31.2 Å². The molecule has 0 aliphatic heterocycles. The Morgan fingerprint density at radius 1 is 1.02 bits per heavy atom. The summed E-state index contributed by atoms with van der Waals surface area (Å²) in [4.78, 5) is 34.5. The molecule has 0 spiro atoms. The lowest BCUT2D eigenvalue weighted by Gasteiger charge is -2.35. The van der Waals surface area contributed by atoms with E-state index in [1.807, 2.05) is 48.7 Å². The van der Waals surface area contributed by atoms with Crippen LogP contribution in [-0.2, 0) is 19.0 Å². The summed E-state index contributed by atoms with van der Waals surface area (Å²) in [6, 6.07) is 13.3. The van der Waals surface area contributed by atoms with Crippen LogP contribution in [-0.4, -0.2) is 67.1 Å². The van der Waals surface area contributed by atoms with Crippen LogP contribution in [0.15, 0.2) is 54.9 Å². The third kappa shape index (κ3) is 6.19. The fourth-order valence-electron chi connectivity index (χ4n) is 5.50. The molecule has 1 aromatic carbocycles. The van der Waals surface area contributed by atoms with Crippen LogP contribution < -0.4 is 4.90 Å². The number of methoxy groups -OCH3 is 3. The van der Waals surface area contributed by atoms with Gasteiger partial charge in [0.25, 0.3) is 0 Å². The lowest BCUT2D eigenvalue weighted by Crippen LogP contribution is -2.49. The second kappa shape index (κ2) is 12.9. The third-order valence-corrected chi connectivity index (χ3v) is 8.88. The Kier molecular flexibility index (Phi) is 9.12. The molecule has 0 bridgehead atoms. The molecule has 1 aliphatic carbocycles. The Bertz CT molecular complexity index is 1450. The zero-order chi connectivity index (χ0) is 28.9. The van der Waals surface area contributed by atoms with Crippen molar-refractivity contribution in [1.82, 2.24) is 14.6 Å². The highest BCUT2D eigenvalue weighted by molar-refractivity contribution is 7.18. The summed E-state index contributed by atoms with van der Waals surface area (Å²) in [5.74, 6) is 0.0184. The summed E-state index contributed by atoms with van der Waals surface area (Å²) in [6.45, 7) is 2.78. The number of thiophene rings is 1. The Morgan fingerprint density at radius 3 is 2.34 bits per heavy atom. The minimum Gasteiger partial charge on any atom is -0.465 e. The number of ether oxygens (including phenoxy) is 3. The minimum absolute atomic E-state index is 0.00121. The van der Waals surface area contributed by atoms with E-state index in [-0.39, 0.29) is 25.0 Å². The van der Waals surface area contributed by atoms with Crippen LogP contribution in [0.1, 0.15) is 42.3 Å². The predicted octanol–water partition coefficient (Wildman–Crippen LogP) is 5.73. The van der Waals surface area contributed by atoms with Gasteiger partial charge >= 0.3 is 5.97 Å². The number of hydrogen-bond donors (Lipinski definition) is 0. The van der Waals surface area contributed by atoms with Gasteiger partial charge in [-0.2, -0.15) is 5.10 Å². The second-order valence-electron chi connectivity index (χ2n) is 10.6. The lowest BCUT2D eigenvalue weighted by molar-refractivity contribution is -0.124. The molecule has 1 fully saturated rings. The van der Waals surface area contributed by atoms with E-state index in [0.717, 1.165) is 53.0 Å². The predicted molar refractivity (Wildman–Crippen MR) is 159 cm³/mol. The summed E-state index contributed by atoms with van der Waals surface area (Å²) in [5, 5.41) is 4.61. The highest BCUT2D eigenvalue weighted by Gasteiger charge is 2.36. The molecule has 1 saturated carbocycles. The molecule has 1 amide bonds. The fraction of sp³-hybridized carbons (Fsp3) is 0.419. The number of carbonyl (C=O) groups is 2. The van der Waals surface area contributed by atoms with Gasteiger partial charge < -0.3 is 19.1 Å². The van der Waals surface area contributed by atoms with E-state index in [1.54, 1.807) is 29.8 Å². The molecule has 3 aromatic heterocycles. The number of anilines is 1. The van der Waals surface area contributed by atoms with Crippen molar-refractivity contribution < 1.29 is 23.8 Å². The number of carbonyl (C=O) groups excluding carboxylic acids is 2. The molecule has 0 unspecified atom stereocenters. The molecule has 0 N–H and O–H groups in total. The van der Waals surface area contributed by atoms with E-state index >= 15 is 0 Å². The first kappa shape index (κ1) is 28.9. The van der Waals surface area contributed by atoms with Crippen molar-refractivity contribution in [3.63, 3.8) is 0 Å². The van der Waals surface area contributed by atoms with Crippen LogP contribution >= 0.6 is 11.3 Å². The van der Waals surface area contributed by atoms with Crippen LogP contribution in [0.25, 0.3) is 27.3 Å². The fourth-order valence-corrected chi connectivity index (χ4v) is 6.57. The third-order valence-electron chi connectivity index (χ3n) is 7.73. The van der Waals surface area contributed by atoms with Crippen LogP contribution in [0.3, 0.4) is 0 Å². The van der Waals surface area contributed by atoms with Crippen molar-refractivity contribution in [1.29, 1.82) is 0 Å². The number of aromatic nitrogens is 3. The van der Waals surface area contributed by atoms with Crippen molar-refractivity contribution in [3.05, 3.63) is 59.7 Å². The zero-order valence-electron chi connectivity index (χ0n) is 23.9. The molecular formula is C31H36N4O5S. The number of nitrogens with zero attached hydrogens (tertiary/aromatic N) is 4. The number of amides is 1. The normalized spacial score (nSPS) is 17.2. The first-order chi connectivity index (χ1) is 19.9. The number of fused-ring (bicyclic) bond motifs is 1.